The molecule has 24 heavy (non-hydrogen) atoms. The Bertz CT molecular complexity index is 581. The SMILES string of the molecule is CCO[Si](OCC)(OCC)C(C)c1ccc(-c2ccccc2)cc1. The molecule has 0 aliphatic heterocycles. The fourth-order valence-electron chi connectivity index (χ4n) is 2.90. The number of hydrogen-bond acceptors (Lipinski definition) is 3. The molecule has 0 saturated carbocycles. The first kappa shape index (κ1) is 18.9. The van der Waals surface area contributed by atoms with Gasteiger partial charge >= 0.3 is 8.80 Å². The fraction of sp³-hybridized carbons (Fsp3) is 0.400. The molecule has 0 aliphatic rings. The summed E-state index contributed by atoms with van der Waals surface area (Å²) in [4.78, 5) is 0. The van der Waals surface area contributed by atoms with Crippen LogP contribution in [0.15, 0.2) is 54.6 Å². The minimum atomic E-state index is -2.74. The van der Waals surface area contributed by atoms with E-state index in [2.05, 4.69) is 55.5 Å². The smallest absolute Gasteiger partial charge is 0.373 e. The van der Waals surface area contributed by atoms with Gasteiger partial charge in [-0.3, -0.25) is 0 Å². The molecule has 1 atom stereocenters. The van der Waals surface area contributed by atoms with E-state index in [0.29, 0.717) is 19.8 Å². The van der Waals surface area contributed by atoms with Crippen LogP contribution in [0.3, 0.4) is 0 Å². The van der Waals surface area contributed by atoms with Crippen LogP contribution in [0.25, 0.3) is 11.1 Å². The Morgan fingerprint density at radius 3 is 1.62 bits per heavy atom. The van der Waals surface area contributed by atoms with E-state index >= 15 is 0 Å². The molecule has 0 amide bonds. The topological polar surface area (TPSA) is 27.7 Å². The van der Waals surface area contributed by atoms with Crippen molar-refractivity contribution in [1.29, 1.82) is 0 Å². The molecule has 0 aliphatic carbocycles. The highest BCUT2D eigenvalue weighted by Crippen LogP contribution is 2.31. The number of hydrogen-bond donors (Lipinski definition) is 0. The summed E-state index contributed by atoms with van der Waals surface area (Å²) in [7, 11) is -2.74. The Kier molecular flexibility index (Phi) is 7.18. The summed E-state index contributed by atoms with van der Waals surface area (Å²) in [6.45, 7) is 9.90. The van der Waals surface area contributed by atoms with Crippen LogP contribution in [0.2, 0.25) is 0 Å². The Morgan fingerprint density at radius 1 is 0.708 bits per heavy atom. The normalized spacial score (nSPS) is 13.0. The molecule has 2 rings (SSSR count). The van der Waals surface area contributed by atoms with Gasteiger partial charge in [-0.2, -0.15) is 0 Å². The first-order valence-corrected chi connectivity index (χ1v) is 10.5. The zero-order chi connectivity index (χ0) is 17.4. The second-order valence-corrected chi connectivity index (χ2v) is 8.55. The fourth-order valence-corrected chi connectivity index (χ4v) is 5.71. The largest absolute Gasteiger partial charge is 0.508 e. The molecule has 0 radical (unpaired) electrons. The molecule has 0 bridgehead atoms. The summed E-state index contributed by atoms with van der Waals surface area (Å²) >= 11 is 0. The van der Waals surface area contributed by atoms with Gasteiger partial charge in [0.1, 0.15) is 0 Å². The van der Waals surface area contributed by atoms with Crippen LogP contribution in [-0.4, -0.2) is 28.6 Å². The highest BCUT2D eigenvalue weighted by molar-refractivity contribution is 6.62. The van der Waals surface area contributed by atoms with Crippen LogP contribution in [0.5, 0.6) is 0 Å². The Morgan fingerprint density at radius 2 is 1.17 bits per heavy atom. The highest BCUT2D eigenvalue weighted by Gasteiger charge is 2.47. The third-order valence-corrected chi connectivity index (χ3v) is 7.55. The van der Waals surface area contributed by atoms with E-state index in [-0.39, 0.29) is 5.54 Å². The lowest BCUT2D eigenvalue weighted by Crippen LogP contribution is -2.51. The molecular weight excluding hydrogens is 316 g/mol. The lowest BCUT2D eigenvalue weighted by atomic mass is 10.0. The van der Waals surface area contributed by atoms with E-state index in [9.17, 15) is 0 Å². The van der Waals surface area contributed by atoms with E-state index in [1.807, 2.05) is 26.8 Å². The van der Waals surface area contributed by atoms with Crippen LogP contribution >= 0.6 is 0 Å². The molecule has 2 aromatic carbocycles. The van der Waals surface area contributed by atoms with Gasteiger partial charge < -0.3 is 13.3 Å². The van der Waals surface area contributed by atoms with Gasteiger partial charge in [0.25, 0.3) is 0 Å². The van der Waals surface area contributed by atoms with Crippen LogP contribution in [0.1, 0.15) is 38.8 Å². The lowest BCUT2D eigenvalue weighted by molar-refractivity contribution is 0.0633. The zero-order valence-corrected chi connectivity index (χ0v) is 16.1. The minimum Gasteiger partial charge on any atom is -0.373 e. The van der Waals surface area contributed by atoms with E-state index in [0.717, 1.165) is 0 Å². The third-order valence-electron chi connectivity index (χ3n) is 4.08. The predicted molar refractivity (Wildman–Crippen MR) is 101 cm³/mol. The van der Waals surface area contributed by atoms with E-state index in [1.165, 1.54) is 16.7 Å². The quantitative estimate of drug-likeness (QED) is 0.596. The van der Waals surface area contributed by atoms with Crippen molar-refractivity contribution in [2.45, 2.75) is 33.2 Å². The summed E-state index contributed by atoms with van der Waals surface area (Å²) in [6.07, 6.45) is 0. The molecule has 0 saturated heterocycles. The van der Waals surface area contributed by atoms with Crippen LogP contribution in [0, 0.1) is 0 Å². The van der Waals surface area contributed by atoms with Gasteiger partial charge in [-0.05, 0) is 37.5 Å². The Hall–Kier alpha value is -1.46. The van der Waals surface area contributed by atoms with Gasteiger partial charge in [0.05, 0.1) is 5.54 Å². The molecule has 0 N–H and O–H groups in total. The Labute approximate surface area is 146 Å². The van der Waals surface area contributed by atoms with Crippen molar-refractivity contribution in [3.63, 3.8) is 0 Å². The first-order valence-electron chi connectivity index (χ1n) is 8.74. The van der Waals surface area contributed by atoms with E-state index in [1.54, 1.807) is 0 Å². The van der Waals surface area contributed by atoms with Crippen molar-refractivity contribution >= 4 is 8.80 Å². The maximum Gasteiger partial charge on any atom is 0.508 e. The minimum absolute atomic E-state index is 0.0992. The van der Waals surface area contributed by atoms with Crippen molar-refractivity contribution in [3.8, 4) is 11.1 Å². The highest BCUT2D eigenvalue weighted by atomic mass is 28.4. The van der Waals surface area contributed by atoms with Crippen molar-refractivity contribution in [2.75, 3.05) is 19.8 Å². The van der Waals surface area contributed by atoms with Crippen molar-refractivity contribution in [2.24, 2.45) is 0 Å². The summed E-state index contributed by atoms with van der Waals surface area (Å²) in [5.41, 5.74) is 3.72. The Balaban J connectivity index is 2.27. The second-order valence-electron chi connectivity index (χ2n) is 5.61. The molecule has 1 unspecified atom stereocenters. The maximum atomic E-state index is 6.04. The molecule has 0 fully saturated rings. The van der Waals surface area contributed by atoms with Gasteiger partial charge in [-0.25, -0.2) is 0 Å². The van der Waals surface area contributed by atoms with E-state index in [4.69, 9.17) is 13.3 Å². The van der Waals surface area contributed by atoms with Crippen molar-refractivity contribution < 1.29 is 13.3 Å². The predicted octanol–water partition coefficient (Wildman–Crippen LogP) is 5.04. The molecule has 2 aromatic rings. The summed E-state index contributed by atoms with van der Waals surface area (Å²) in [5, 5.41) is 0. The summed E-state index contributed by atoms with van der Waals surface area (Å²) < 4.78 is 18.1. The average Bonchev–Trinajstić information content (AvgIpc) is 2.62. The molecule has 4 heteroatoms. The summed E-state index contributed by atoms with van der Waals surface area (Å²) in [5.74, 6) is 0. The second kappa shape index (κ2) is 9.13. The molecule has 0 aromatic heterocycles. The molecular formula is C20H28O3Si. The van der Waals surface area contributed by atoms with Crippen LogP contribution in [0.4, 0.5) is 0 Å². The molecule has 3 nitrogen and oxygen atoms in total. The molecule has 130 valence electrons. The van der Waals surface area contributed by atoms with Crippen LogP contribution < -0.4 is 0 Å². The van der Waals surface area contributed by atoms with Crippen LogP contribution in [-0.2, 0) is 13.3 Å². The van der Waals surface area contributed by atoms with Gasteiger partial charge in [0, 0.05) is 19.8 Å². The molecule has 0 heterocycles. The monoisotopic (exact) mass is 344 g/mol. The molecule has 0 spiro atoms. The van der Waals surface area contributed by atoms with Gasteiger partial charge in [-0.15, -0.1) is 0 Å². The third kappa shape index (κ3) is 4.33. The zero-order valence-electron chi connectivity index (χ0n) is 15.1. The number of rotatable bonds is 9. The van der Waals surface area contributed by atoms with Gasteiger partial charge in [0.15, 0.2) is 0 Å². The average molecular weight is 345 g/mol. The van der Waals surface area contributed by atoms with Gasteiger partial charge in [0.2, 0.25) is 0 Å². The first-order chi connectivity index (χ1) is 11.7. The van der Waals surface area contributed by atoms with Crippen molar-refractivity contribution in [3.05, 3.63) is 60.2 Å². The van der Waals surface area contributed by atoms with Crippen molar-refractivity contribution in [1.82, 2.24) is 0 Å². The lowest BCUT2D eigenvalue weighted by Gasteiger charge is -2.33. The summed E-state index contributed by atoms with van der Waals surface area (Å²) in [6, 6.07) is 19.0. The number of benzene rings is 2. The van der Waals surface area contributed by atoms with Gasteiger partial charge in [-0.1, -0.05) is 61.5 Å². The maximum absolute atomic E-state index is 6.04. The standard InChI is InChI=1S/C20H28O3Si/c1-5-21-24(22-6-2,23-7-3)17(4)18-13-15-20(16-14-18)19-11-9-8-10-12-19/h8-17H,5-7H2,1-4H3. The van der Waals surface area contributed by atoms with E-state index < -0.39 is 8.80 Å².